The molecule has 2 rings (SSSR count). The molecule has 1 fully saturated rings. The van der Waals surface area contributed by atoms with E-state index in [2.05, 4.69) is 51.7 Å². The molecule has 1 aliphatic rings. The van der Waals surface area contributed by atoms with Crippen LogP contribution < -0.4 is 4.90 Å². The van der Waals surface area contributed by atoms with Gasteiger partial charge in [-0.25, -0.2) is 0 Å². The van der Waals surface area contributed by atoms with Crippen LogP contribution in [-0.4, -0.2) is 23.7 Å². The van der Waals surface area contributed by atoms with E-state index in [0.717, 1.165) is 24.9 Å². The summed E-state index contributed by atoms with van der Waals surface area (Å²) in [7, 11) is 0. The molecule has 0 unspecified atom stereocenters. The van der Waals surface area contributed by atoms with Crippen molar-refractivity contribution in [3.63, 3.8) is 0 Å². The number of nitrogens with one attached hydrogen (secondary N) is 1. The first-order valence-corrected chi connectivity index (χ1v) is 9.54. The van der Waals surface area contributed by atoms with E-state index < -0.39 is 5.60 Å². The van der Waals surface area contributed by atoms with Gasteiger partial charge in [-0.05, 0) is 57.9 Å². The van der Waals surface area contributed by atoms with Crippen molar-refractivity contribution >= 4 is 0 Å². The number of quaternary nitrogens is 1. The van der Waals surface area contributed by atoms with Crippen LogP contribution in [0.25, 0.3) is 0 Å². The Morgan fingerprint density at radius 3 is 2.17 bits per heavy atom. The number of hydrogen-bond donors (Lipinski definition) is 2. The number of hydrogen-bond acceptors (Lipinski definition) is 1. The maximum atomic E-state index is 11.5. The Balaban J connectivity index is 2.11. The van der Waals surface area contributed by atoms with Crippen molar-refractivity contribution in [3.05, 3.63) is 35.9 Å². The zero-order valence-electron chi connectivity index (χ0n) is 15.8. The fourth-order valence-corrected chi connectivity index (χ4v) is 4.05. The Kier molecular flexibility index (Phi) is 6.90. The van der Waals surface area contributed by atoms with E-state index in [0.29, 0.717) is 24.4 Å². The summed E-state index contributed by atoms with van der Waals surface area (Å²) >= 11 is 0. The topological polar surface area (TPSA) is 24.7 Å². The molecule has 0 saturated heterocycles. The van der Waals surface area contributed by atoms with Gasteiger partial charge in [0.1, 0.15) is 12.1 Å². The maximum Gasteiger partial charge on any atom is 0.139 e. The highest BCUT2D eigenvalue weighted by atomic mass is 16.3. The number of rotatable bonds is 6. The van der Waals surface area contributed by atoms with Crippen molar-refractivity contribution in [2.75, 3.05) is 6.54 Å². The molecule has 0 radical (unpaired) electrons. The first kappa shape index (κ1) is 19.0. The molecule has 2 nitrogen and oxygen atoms in total. The Bertz CT molecular complexity index is 540. The minimum absolute atomic E-state index is 0.341. The van der Waals surface area contributed by atoms with E-state index in [1.165, 1.54) is 17.7 Å². The van der Waals surface area contributed by atoms with Crippen LogP contribution in [0.4, 0.5) is 0 Å². The summed E-state index contributed by atoms with van der Waals surface area (Å²) in [5.41, 5.74) is 0.240. The van der Waals surface area contributed by atoms with Crippen LogP contribution in [0.2, 0.25) is 0 Å². The van der Waals surface area contributed by atoms with Crippen LogP contribution in [0.3, 0.4) is 0 Å². The molecule has 1 aromatic carbocycles. The van der Waals surface area contributed by atoms with Crippen molar-refractivity contribution in [1.82, 2.24) is 0 Å². The molecule has 1 saturated carbocycles. The normalized spacial score (nSPS) is 18.0. The van der Waals surface area contributed by atoms with Crippen LogP contribution in [0, 0.1) is 17.8 Å². The third kappa shape index (κ3) is 4.62. The summed E-state index contributed by atoms with van der Waals surface area (Å²) in [5.74, 6) is 7.01. The summed E-state index contributed by atoms with van der Waals surface area (Å²) in [5, 5.41) is 11.5. The molecule has 0 heterocycles. The lowest BCUT2D eigenvalue weighted by molar-refractivity contribution is -0.935. The molecular weight excluding hydrogens is 294 g/mol. The standard InChI is InChI=1S/C22H33NO/c1-18(2)23(19(3)4)17-11-10-16-22(24,21-14-8-9-15-21)20-12-6-5-7-13-20/h5-7,12-13,18-19,21,24H,8-9,14-17H2,1-4H3/p+1/t22-/m1/s1. The van der Waals surface area contributed by atoms with E-state index in [-0.39, 0.29) is 0 Å². The smallest absolute Gasteiger partial charge is 0.139 e. The van der Waals surface area contributed by atoms with Gasteiger partial charge < -0.3 is 10.0 Å². The number of aliphatic hydroxyl groups is 1. The second kappa shape index (κ2) is 8.70. The quantitative estimate of drug-likeness (QED) is 0.771. The monoisotopic (exact) mass is 328 g/mol. The lowest BCUT2D eigenvalue weighted by Crippen LogP contribution is -3.17. The lowest BCUT2D eigenvalue weighted by atomic mass is 9.78. The molecule has 132 valence electrons. The highest BCUT2D eigenvalue weighted by molar-refractivity contribution is 5.26. The third-order valence-electron chi connectivity index (χ3n) is 5.56. The predicted molar refractivity (Wildman–Crippen MR) is 101 cm³/mol. The Labute approximate surface area is 148 Å². The van der Waals surface area contributed by atoms with E-state index in [4.69, 9.17) is 0 Å². The molecule has 2 heteroatoms. The van der Waals surface area contributed by atoms with Gasteiger partial charge in [-0.3, -0.25) is 0 Å². The highest BCUT2D eigenvalue weighted by Gasteiger charge is 2.39. The first-order valence-electron chi connectivity index (χ1n) is 9.54. The van der Waals surface area contributed by atoms with Crippen LogP contribution in [0.1, 0.15) is 65.4 Å². The van der Waals surface area contributed by atoms with E-state index in [1.54, 1.807) is 0 Å². The van der Waals surface area contributed by atoms with Crippen molar-refractivity contribution in [2.45, 2.75) is 77.5 Å². The van der Waals surface area contributed by atoms with Gasteiger partial charge in [0.15, 0.2) is 0 Å². The first-order chi connectivity index (χ1) is 11.4. The molecule has 1 aromatic rings. The largest absolute Gasteiger partial charge is 0.384 e. The minimum Gasteiger partial charge on any atom is -0.384 e. The molecule has 0 amide bonds. The Morgan fingerprint density at radius 1 is 1.04 bits per heavy atom. The van der Waals surface area contributed by atoms with Crippen LogP contribution in [0.5, 0.6) is 0 Å². The van der Waals surface area contributed by atoms with Gasteiger partial charge >= 0.3 is 0 Å². The summed E-state index contributed by atoms with van der Waals surface area (Å²) in [4.78, 5) is 1.51. The fraction of sp³-hybridized carbons (Fsp3) is 0.636. The van der Waals surface area contributed by atoms with E-state index >= 15 is 0 Å². The maximum absolute atomic E-state index is 11.5. The number of benzene rings is 1. The Morgan fingerprint density at radius 2 is 1.62 bits per heavy atom. The average Bonchev–Trinajstić information content (AvgIpc) is 3.09. The van der Waals surface area contributed by atoms with Gasteiger partial charge in [-0.2, -0.15) is 0 Å². The second-order valence-corrected chi connectivity index (χ2v) is 7.86. The fourth-order valence-electron chi connectivity index (χ4n) is 4.05. The summed E-state index contributed by atoms with van der Waals surface area (Å²) in [6.45, 7) is 9.84. The van der Waals surface area contributed by atoms with Gasteiger partial charge in [0.25, 0.3) is 0 Å². The van der Waals surface area contributed by atoms with Crippen LogP contribution in [-0.2, 0) is 5.60 Å². The molecule has 2 N–H and O–H groups in total. The van der Waals surface area contributed by atoms with Crippen molar-refractivity contribution in [1.29, 1.82) is 0 Å². The second-order valence-electron chi connectivity index (χ2n) is 7.86. The third-order valence-corrected chi connectivity index (χ3v) is 5.56. The summed E-state index contributed by atoms with van der Waals surface area (Å²) in [6, 6.07) is 11.3. The van der Waals surface area contributed by atoms with E-state index in [9.17, 15) is 5.11 Å². The highest BCUT2D eigenvalue weighted by Crippen LogP contribution is 2.42. The molecule has 0 spiro atoms. The zero-order chi connectivity index (χ0) is 17.6. The van der Waals surface area contributed by atoms with Gasteiger partial charge in [0.2, 0.25) is 0 Å². The average molecular weight is 329 g/mol. The van der Waals surface area contributed by atoms with Crippen LogP contribution in [0.15, 0.2) is 30.3 Å². The van der Waals surface area contributed by atoms with Gasteiger partial charge in [-0.15, -0.1) is 0 Å². The van der Waals surface area contributed by atoms with Gasteiger partial charge in [0, 0.05) is 6.42 Å². The molecule has 0 aromatic heterocycles. The van der Waals surface area contributed by atoms with Crippen molar-refractivity contribution in [3.8, 4) is 11.8 Å². The molecule has 0 aliphatic heterocycles. The van der Waals surface area contributed by atoms with Crippen molar-refractivity contribution < 1.29 is 10.0 Å². The van der Waals surface area contributed by atoms with E-state index in [1.807, 2.05) is 18.2 Å². The molecule has 24 heavy (non-hydrogen) atoms. The molecular formula is C22H34NO+. The SMILES string of the molecule is CC(C)[NH+](CC#CC[C@@](O)(c1ccccc1)C1CCCC1)C(C)C. The predicted octanol–water partition coefficient (Wildman–Crippen LogP) is 3.16. The molecule has 1 atom stereocenters. The van der Waals surface area contributed by atoms with Crippen LogP contribution >= 0.6 is 0 Å². The lowest BCUT2D eigenvalue weighted by Gasteiger charge is -2.33. The molecule has 0 bridgehead atoms. The van der Waals surface area contributed by atoms with Gasteiger partial charge in [0.05, 0.1) is 12.1 Å². The van der Waals surface area contributed by atoms with Gasteiger partial charge in [-0.1, -0.05) is 49.1 Å². The summed E-state index contributed by atoms with van der Waals surface area (Å²) in [6.07, 6.45) is 5.23. The zero-order valence-corrected chi connectivity index (χ0v) is 15.8. The molecule has 1 aliphatic carbocycles. The summed E-state index contributed by atoms with van der Waals surface area (Å²) < 4.78 is 0. The Hall–Kier alpha value is -1.30. The minimum atomic E-state index is -0.791. The van der Waals surface area contributed by atoms with Crippen molar-refractivity contribution in [2.24, 2.45) is 5.92 Å².